The van der Waals surface area contributed by atoms with Crippen LogP contribution in [0.25, 0.3) is 20.9 Å². The molecule has 0 saturated heterocycles. The Bertz CT molecular complexity index is 583. The summed E-state index contributed by atoms with van der Waals surface area (Å²) in [5.41, 5.74) is 0. The van der Waals surface area contributed by atoms with E-state index in [2.05, 4.69) is 44.3 Å². The molecule has 0 spiro atoms. The van der Waals surface area contributed by atoms with Crippen LogP contribution in [0.3, 0.4) is 0 Å². The monoisotopic (exact) mass is 280 g/mol. The summed E-state index contributed by atoms with van der Waals surface area (Å²) < 4.78 is 6.79. The molecule has 0 amide bonds. The van der Waals surface area contributed by atoms with Gasteiger partial charge in [-0.15, -0.1) is 11.3 Å². The SMILES string of the molecule is Brc1noc(-c2cc3ccccc3s2)n1. The molecule has 0 bridgehead atoms. The summed E-state index contributed by atoms with van der Waals surface area (Å²) in [6, 6.07) is 10.2. The summed E-state index contributed by atoms with van der Waals surface area (Å²) in [6.07, 6.45) is 0. The van der Waals surface area contributed by atoms with Crippen LogP contribution >= 0.6 is 27.3 Å². The van der Waals surface area contributed by atoms with E-state index in [-0.39, 0.29) is 0 Å². The Morgan fingerprint density at radius 2 is 2.13 bits per heavy atom. The van der Waals surface area contributed by atoms with Crippen LogP contribution in [-0.4, -0.2) is 10.1 Å². The van der Waals surface area contributed by atoms with Gasteiger partial charge in [0.25, 0.3) is 5.89 Å². The fourth-order valence-electron chi connectivity index (χ4n) is 1.39. The van der Waals surface area contributed by atoms with Crippen molar-refractivity contribution in [3.63, 3.8) is 0 Å². The lowest BCUT2D eigenvalue weighted by Crippen LogP contribution is -1.68. The lowest BCUT2D eigenvalue weighted by Gasteiger charge is -1.82. The van der Waals surface area contributed by atoms with Gasteiger partial charge in [-0.05, 0) is 38.6 Å². The smallest absolute Gasteiger partial charge is 0.268 e. The predicted molar refractivity (Wildman–Crippen MR) is 62.8 cm³/mol. The molecule has 15 heavy (non-hydrogen) atoms. The molecule has 0 fully saturated rings. The van der Waals surface area contributed by atoms with Gasteiger partial charge in [-0.2, -0.15) is 4.98 Å². The van der Waals surface area contributed by atoms with Crippen molar-refractivity contribution in [2.45, 2.75) is 0 Å². The van der Waals surface area contributed by atoms with Crippen molar-refractivity contribution in [3.8, 4) is 10.8 Å². The number of hydrogen-bond acceptors (Lipinski definition) is 4. The van der Waals surface area contributed by atoms with Crippen molar-refractivity contribution in [1.82, 2.24) is 10.1 Å². The molecule has 0 aliphatic rings. The molecule has 0 N–H and O–H groups in total. The maximum Gasteiger partial charge on any atom is 0.268 e. The molecule has 0 radical (unpaired) electrons. The fraction of sp³-hybridized carbons (Fsp3) is 0. The van der Waals surface area contributed by atoms with Gasteiger partial charge in [0.2, 0.25) is 4.73 Å². The molecule has 0 aliphatic heterocycles. The Kier molecular flexibility index (Phi) is 2.07. The molecular weight excluding hydrogens is 276 g/mol. The summed E-state index contributed by atoms with van der Waals surface area (Å²) >= 11 is 4.81. The maximum absolute atomic E-state index is 5.08. The predicted octanol–water partition coefficient (Wildman–Crippen LogP) is 3.71. The van der Waals surface area contributed by atoms with E-state index in [0.717, 1.165) is 4.88 Å². The topological polar surface area (TPSA) is 38.9 Å². The highest BCUT2D eigenvalue weighted by atomic mass is 79.9. The van der Waals surface area contributed by atoms with Crippen LogP contribution < -0.4 is 0 Å². The zero-order chi connectivity index (χ0) is 10.3. The van der Waals surface area contributed by atoms with E-state index in [1.165, 1.54) is 10.1 Å². The molecule has 74 valence electrons. The molecule has 3 nitrogen and oxygen atoms in total. The van der Waals surface area contributed by atoms with Crippen LogP contribution in [0.1, 0.15) is 0 Å². The van der Waals surface area contributed by atoms with Crippen LogP contribution in [0.4, 0.5) is 0 Å². The Hall–Kier alpha value is -1.20. The maximum atomic E-state index is 5.08. The minimum Gasteiger partial charge on any atom is -0.332 e. The van der Waals surface area contributed by atoms with Crippen molar-refractivity contribution >= 4 is 37.4 Å². The summed E-state index contributed by atoms with van der Waals surface area (Å²) in [5, 5.41) is 4.90. The molecule has 0 aliphatic carbocycles. The van der Waals surface area contributed by atoms with Gasteiger partial charge in [-0.3, -0.25) is 0 Å². The van der Waals surface area contributed by atoms with Crippen molar-refractivity contribution in [1.29, 1.82) is 0 Å². The number of rotatable bonds is 1. The van der Waals surface area contributed by atoms with Crippen LogP contribution in [0, 0.1) is 0 Å². The molecule has 0 unspecified atom stereocenters. The highest BCUT2D eigenvalue weighted by Crippen LogP contribution is 2.32. The van der Waals surface area contributed by atoms with Crippen LogP contribution in [0.5, 0.6) is 0 Å². The van der Waals surface area contributed by atoms with Crippen molar-refractivity contribution < 1.29 is 4.52 Å². The van der Waals surface area contributed by atoms with Gasteiger partial charge in [0.05, 0.1) is 4.88 Å². The summed E-state index contributed by atoms with van der Waals surface area (Å²) in [7, 11) is 0. The summed E-state index contributed by atoms with van der Waals surface area (Å²) in [6.45, 7) is 0. The lowest BCUT2D eigenvalue weighted by molar-refractivity contribution is 0.427. The number of fused-ring (bicyclic) bond motifs is 1. The average molecular weight is 281 g/mol. The number of aromatic nitrogens is 2. The fourth-order valence-corrected chi connectivity index (χ4v) is 2.61. The Labute approximate surface area is 97.9 Å². The van der Waals surface area contributed by atoms with Gasteiger partial charge in [0, 0.05) is 4.70 Å². The van der Waals surface area contributed by atoms with Crippen LogP contribution in [0.2, 0.25) is 0 Å². The van der Waals surface area contributed by atoms with Crippen molar-refractivity contribution in [3.05, 3.63) is 35.1 Å². The molecule has 0 atom stereocenters. The van der Waals surface area contributed by atoms with Gasteiger partial charge in [-0.1, -0.05) is 18.2 Å². The summed E-state index contributed by atoms with van der Waals surface area (Å²) in [4.78, 5) is 5.12. The molecule has 5 heteroatoms. The second kappa shape index (κ2) is 3.43. The zero-order valence-corrected chi connectivity index (χ0v) is 9.88. The quantitative estimate of drug-likeness (QED) is 0.682. The first-order chi connectivity index (χ1) is 7.33. The van der Waals surface area contributed by atoms with Gasteiger partial charge < -0.3 is 4.52 Å². The number of nitrogens with zero attached hydrogens (tertiary/aromatic N) is 2. The molecule has 1 aromatic carbocycles. The molecule has 2 heterocycles. The first-order valence-corrected chi connectivity index (χ1v) is 5.92. The lowest BCUT2D eigenvalue weighted by atomic mass is 10.2. The van der Waals surface area contributed by atoms with E-state index in [1.54, 1.807) is 11.3 Å². The number of benzene rings is 1. The number of hydrogen-bond donors (Lipinski definition) is 0. The highest BCUT2D eigenvalue weighted by Gasteiger charge is 2.10. The standard InChI is InChI=1S/C10H5BrN2OS/c11-10-12-9(14-13-10)8-5-6-3-1-2-4-7(6)15-8/h1-5H. The largest absolute Gasteiger partial charge is 0.332 e. The van der Waals surface area contributed by atoms with E-state index < -0.39 is 0 Å². The second-order valence-electron chi connectivity index (χ2n) is 3.02. The van der Waals surface area contributed by atoms with E-state index in [9.17, 15) is 0 Å². The van der Waals surface area contributed by atoms with Crippen molar-refractivity contribution in [2.24, 2.45) is 0 Å². The summed E-state index contributed by atoms with van der Waals surface area (Å²) in [5.74, 6) is 0.558. The normalized spacial score (nSPS) is 11.0. The average Bonchev–Trinajstić information content (AvgIpc) is 2.82. The van der Waals surface area contributed by atoms with Gasteiger partial charge >= 0.3 is 0 Å². The first kappa shape index (κ1) is 9.06. The Morgan fingerprint density at radius 3 is 2.87 bits per heavy atom. The molecule has 3 aromatic rings. The van der Waals surface area contributed by atoms with Crippen LogP contribution in [0.15, 0.2) is 39.6 Å². The van der Waals surface area contributed by atoms with E-state index in [4.69, 9.17) is 4.52 Å². The van der Waals surface area contributed by atoms with E-state index >= 15 is 0 Å². The second-order valence-corrected chi connectivity index (χ2v) is 4.81. The number of thiophene rings is 1. The molecular formula is C10H5BrN2OS. The van der Waals surface area contributed by atoms with Gasteiger partial charge in [-0.25, -0.2) is 0 Å². The third kappa shape index (κ3) is 1.57. The third-order valence-corrected chi connectivity index (χ3v) is 3.46. The molecule has 0 saturated carbocycles. The van der Waals surface area contributed by atoms with E-state index in [1.807, 2.05) is 12.1 Å². The minimum absolute atomic E-state index is 0.481. The van der Waals surface area contributed by atoms with E-state index in [0.29, 0.717) is 10.6 Å². The van der Waals surface area contributed by atoms with Crippen molar-refractivity contribution in [2.75, 3.05) is 0 Å². The minimum atomic E-state index is 0.481. The van der Waals surface area contributed by atoms with Crippen LogP contribution in [-0.2, 0) is 0 Å². The zero-order valence-electron chi connectivity index (χ0n) is 7.48. The first-order valence-electron chi connectivity index (χ1n) is 4.31. The number of halogens is 1. The Morgan fingerprint density at radius 1 is 1.27 bits per heavy atom. The highest BCUT2D eigenvalue weighted by molar-refractivity contribution is 9.10. The third-order valence-electron chi connectivity index (χ3n) is 2.04. The Balaban J connectivity index is 2.19. The molecule has 2 aromatic heterocycles. The van der Waals surface area contributed by atoms with Gasteiger partial charge in [0.1, 0.15) is 0 Å². The van der Waals surface area contributed by atoms with Gasteiger partial charge in [0.15, 0.2) is 0 Å². The molecule has 3 rings (SSSR count).